The molecule has 5 heteroatoms. The molecule has 2 N–H and O–H groups in total. The van der Waals surface area contributed by atoms with Crippen LogP contribution in [-0.2, 0) is 11.8 Å². The second kappa shape index (κ2) is 5.55. The summed E-state index contributed by atoms with van der Waals surface area (Å²) in [5.41, 5.74) is 7.63. The van der Waals surface area contributed by atoms with E-state index in [1.807, 2.05) is 37.4 Å². The van der Waals surface area contributed by atoms with Gasteiger partial charge in [0.2, 0.25) is 0 Å². The van der Waals surface area contributed by atoms with E-state index < -0.39 is 0 Å². The van der Waals surface area contributed by atoms with Crippen LogP contribution < -0.4 is 10.5 Å². The number of nitrogen functional groups attached to an aromatic ring is 1. The first kappa shape index (κ1) is 12.4. The Balaban J connectivity index is 2.07. The molecule has 96 valence electrons. The van der Waals surface area contributed by atoms with Gasteiger partial charge in [-0.2, -0.15) is 5.10 Å². The Kier molecular flexibility index (Phi) is 3.84. The molecule has 0 saturated carbocycles. The quantitative estimate of drug-likeness (QED) is 0.817. The monoisotopic (exact) mass is 247 g/mol. The molecule has 2 aromatic rings. The van der Waals surface area contributed by atoms with Crippen molar-refractivity contribution in [3.05, 3.63) is 30.3 Å². The minimum atomic E-state index is 0.548. The van der Waals surface area contributed by atoms with E-state index in [2.05, 4.69) is 5.10 Å². The molecule has 0 amide bonds. The number of aryl methyl sites for hydroxylation is 1. The highest BCUT2D eigenvalue weighted by molar-refractivity contribution is 5.63. The molecule has 18 heavy (non-hydrogen) atoms. The number of methoxy groups -OCH3 is 1. The Hall–Kier alpha value is -2.01. The lowest BCUT2D eigenvalue weighted by Gasteiger charge is -2.05. The lowest BCUT2D eigenvalue weighted by molar-refractivity contribution is 0.146. The Morgan fingerprint density at radius 1 is 1.22 bits per heavy atom. The predicted octanol–water partition coefficient (Wildman–Crippen LogP) is 1.69. The third-order valence-corrected chi connectivity index (χ3v) is 2.62. The number of nitrogens with zero attached hydrogens (tertiary/aromatic N) is 2. The molecule has 0 aliphatic carbocycles. The molecule has 1 heterocycles. The summed E-state index contributed by atoms with van der Waals surface area (Å²) < 4.78 is 12.1. The summed E-state index contributed by atoms with van der Waals surface area (Å²) in [5.74, 6) is 1.46. The van der Waals surface area contributed by atoms with Crippen LogP contribution in [0.4, 0.5) is 5.82 Å². The number of rotatable bonds is 5. The Morgan fingerprint density at radius 3 is 2.50 bits per heavy atom. The van der Waals surface area contributed by atoms with Crippen molar-refractivity contribution in [3.63, 3.8) is 0 Å². The fourth-order valence-electron chi connectivity index (χ4n) is 1.59. The van der Waals surface area contributed by atoms with Gasteiger partial charge in [-0.05, 0) is 24.3 Å². The lowest BCUT2D eigenvalue weighted by atomic mass is 10.1. The first-order valence-electron chi connectivity index (χ1n) is 5.72. The van der Waals surface area contributed by atoms with E-state index in [0.29, 0.717) is 19.0 Å². The fraction of sp³-hybridized carbons (Fsp3) is 0.308. The zero-order chi connectivity index (χ0) is 13.0. The van der Waals surface area contributed by atoms with Crippen LogP contribution in [0.15, 0.2) is 30.3 Å². The van der Waals surface area contributed by atoms with Crippen molar-refractivity contribution in [2.24, 2.45) is 7.05 Å². The van der Waals surface area contributed by atoms with E-state index in [9.17, 15) is 0 Å². The minimum absolute atomic E-state index is 0.548. The second-order valence-electron chi connectivity index (χ2n) is 3.94. The van der Waals surface area contributed by atoms with Crippen molar-refractivity contribution in [2.45, 2.75) is 0 Å². The van der Waals surface area contributed by atoms with E-state index in [0.717, 1.165) is 17.0 Å². The summed E-state index contributed by atoms with van der Waals surface area (Å²) in [6, 6.07) is 9.60. The molecule has 0 unspecified atom stereocenters. The summed E-state index contributed by atoms with van der Waals surface area (Å²) >= 11 is 0. The van der Waals surface area contributed by atoms with Crippen molar-refractivity contribution in [1.82, 2.24) is 9.78 Å². The zero-order valence-electron chi connectivity index (χ0n) is 10.6. The molecule has 0 radical (unpaired) electrons. The molecule has 0 spiro atoms. The average Bonchev–Trinajstić information content (AvgIpc) is 2.71. The maximum atomic E-state index is 5.75. The van der Waals surface area contributed by atoms with Crippen LogP contribution in [0.5, 0.6) is 5.75 Å². The molecule has 1 aromatic carbocycles. The highest BCUT2D eigenvalue weighted by Gasteiger charge is 2.04. The molecule has 2 rings (SSSR count). The predicted molar refractivity (Wildman–Crippen MR) is 70.4 cm³/mol. The average molecular weight is 247 g/mol. The van der Waals surface area contributed by atoms with Gasteiger partial charge in [-0.1, -0.05) is 0 Å². The molecule has 0 fully saturated rings. The lowest BCUT2D eigenvalue weighted by Crippen LogP contribution is -2.03. The van der Waals surface area contributed by atoms with E-state index in [4.69, 9.17) is 15.2 Å². The Morgan fingerprint density at radius 2 is 1.94 bits per heavy atom. The third-order valence-electron chi connectivity index (χ3n) is 2.62. The molecule has 0 atom stereocenters. The van der Waals surface area contributed by atoms with Crippen molar-refractivity contribution in [3.8, 4) is 17.0 Å². The number of hydrogen-bond acceptors (Lipinski definition) is 4. The van der Waals surface area contributed by atoms with Gasteiger partial charge in [-0.3, -0.25) is 4.68 Å². The topological polar surface area (TPSA) is 62.3 Å². The van der Waals surface area contributed by atoms with Crippen LogP contribution >= 0.6 is 0 Å². The Labute approximate surface area is 106 Å². The zero-order valence-corrected chi connectivity index (χ0v) is 10.6. The number of nitrogens with two attached hydrogens (primary N) is 1. The standard InChI is InChI=1S/C13H17N3O2/c1-16-13(14)9-12(15-16)10-3-5-11(6-4-10)18-8-7-17-2/h3-6,9H,7-8,14H2,1-2H3. The maximum Gasteiger partial charge on any atom is 0.121 e. The van der Waals surface area contributed by atoms with Gasteiger partial charge in [0.15, 0.2) is 0 Å². The molecule has 0 aliphatic heterocycles. The van der Waals surface area contributed by atoms with E-state index in [-0.39, 0.29) is 0 Å². The van der Waals surface area contributed by atoms with Crippen molar-refractivity contribution in [2.75, 3.05) is 26.1 Å². The second-order valence-corrected chi connectivity index (χ2v) is 3.94. The van der Waals surface area contributed by atoms with Crippen LogP contribution in [0.3, 0.4) is 0 Å². The van der Waals surface area contributed by atoms with Gasteiger partial charge in [-0.25, -0.2) is 0 Å². The first-order valence-corrected chi connectivity index (χ1v) is 5.72. The third kappa shape index (κ3) is 2.81. The minimum Gasteiger partial charge on any atom is -0.491 e. The number of anilines is 1. The number of aromatic nitrogens is 2. The number of hydrogen-bond donors (Lipinski definition) is 1. The van der Waals surface area contributed by atoms with Crippen LogP contribution in [0, 0.1) is 0 Å². The van der Waals surface area contributed by atoms with Gasteiger partial charge in [0, 0.05) is 25.8 Å². The molecular formula is C13H17N3O2. The van der Waals surface area contributed by atoms with Crippen molar-refractivity contribution < 1.29 is 9.47 Å². The summed E-state index contributed by atoms with van der Waals surface area (Å²) in [6.45, 7) is 1.13. The van der Waals surface area contributed by atoms with E-state index in [1.165, 1.54) is 0 Å². The van der Waals surface area contributed by atoms with Crippen LogP contribution in [-0.4, -0.2) is 30.1 Å². The number of benzene rings is 1. The SMILES string of the molecule is COCCOc1ccc(-c2cc(N)n(C)n2)cc1. The molecular weight excluding hydrogens is 230 g/mol. The van der Waals surface area contributed by atoms with Gasteiger partial charge in [0.05, 0.1) is 12.3 Å². The highest BCUT2D eigenvalue weighted by Crippen LogP contribution is 2.22. The van der Waals surface area contributed by atoms with Gasteiger partial charge >= 0.3 is 0 Å². The van der Waals surface area contributed by atoms with Gasteiger partial charge < -0.3 is 15.2 Å². The van der Waals surface area contributed by atoms with Gasteiger partial charge in [0.25, 0.3) is 0 Å². The summed E-state index contributed by atoms with van der Waals surface area (Å²) in [5, 5.41) is 4.32. The fourth-order valence-corrected chi connectivity index (χ4v) is 1.59. The maximum absolute atomic E-state index is 5.75. The van der Waals surface area contributed by atoms with E-state index in [1.54, 1.807) is 11.8 Å². The summed E-state index contributed by atoms with van der Waals surface area (Å²) in [7, 11) is 3.47. The van der Waals surface area contributed by atoms with Crippen LogP contribution in [0.2, 0.25) is 0 Å². The Bertz CT molecular complexity index is 486. The highest BCUT2D eigenvalue weighted by atomic mass is 16.5. The number of ether oxygens (including phenoxy) is 2. The van der Waals surface area contributed by atoms with E-state index >= 15 is 0 Å². The van der Waals surface area contributed by atoms with Crippen LogP contribution in [0.1, 0.15) is 0 Å². The van der Waals surface area contributed by atoms with Crippen molar-refractivity contribution >= 4 is 5.82 Å². The summed E-state index contributed by atoms with van der Waals surface area (Å²) in [6.07, 6.45) is 0. The molecule has 0 bridgehead atoms. The first-order chi connectivity index (χ1) is 8.70. The molecule has 5 nitrogen and oxygen atoms in total. The molecule has 1 aromatic heterocycles. The van der Waals surface area contributed by atoms with Crippen molar-refractivity contribution in [1.29, 1.82) is 0 Å². The van der Waals surface area contributed by atoms with Gasteiger partial charge in [-0.15, -0.1) is 0 Å². The largest absolute Gasteiger partial charge is 0.491 e. The molecule has 0 saturated heterocycles. The molecule has 0 aliphatic rings. The summed E-state index contributed by atoms with van der Waals surface area (Å²) in [4.78, 5) is 0. The smallest absolute Gasteiger partial charge is 0.121 e. The normalized spacial score (nSPS) is 10.6. The van der Waals surface area contributed by atoms with Gasteiger partial charge in [0.1, 0.15) is 18.2 Å². The van der Waals surface area contributed by atoms with Crippen LogP contribution in [0.25, 0.3) is 11.3 Å².